The van der Waals surface area contributed by atoms with Gasteiger partial charge in [-0.25, -0.2) is 5.43 Å². The van der Waals surface area contributed by atoms with Crippen molar-refractivity contribution in [1.82, 2.24) is 10.7 Å². The third-order valence-corrected chi connectivity index (χ3v) is 4.08. The van der Waals surface area contributed by atoms with E-state index in [4.69, 9.17) is 23.2 Å². The highest BCUT2D eigenvalue weighted by Crippen LogP contribution is 2.22. The Labute approximate surface area is 157 Å². The van der Waals surface area contributed by atoms with Gasteiger partial charge in [0.1, 0.15) is 0 Å². The van der Waals surface area contributed by atoms with Crippen molar-refractivity contribution in [3.63, 3.8) is 0 Å². The van der Waals surface area contributed by atoms with Crippen molar-refractivity contribution < 1.29 is 9.59 Å². The second-order valence-corrected chi connectivity index (χ2v) is 6.39. The Kier molecular flexibility index (Phi) is 6.78. The summed E-state index contributed by atoms with van der Waals surface area (Å²) in [6, 6.07) is 11.9. The van der Waals surface area contributed by atoms with Gasteiger partial charge in [0.2, 0.25) is 0 Å². The Morgan fingerprint density at radius 2 is 1.92 bits per heavy atom. The standard InChI is InChI=1S/C16H12BrCl2N3O2/c17-12-3-1-2-10(6-12)8-21-22-15(23)9-20-16(24)11-4-5-13(18)14(19)7-11/h1-8H,9H2,(H,20,24)(H,22,23)/b21-8+. The van der Waals surface area contributed by atoms with Gasteiger partial charge in [0, 0.05) is 10.0 Å². The van der Waals surface area contributed by atoms with Crippen LogP contribution in [-0.4, -0.2) is 24.6 Å². The summed E-state index contributed by atoms with van der Waals surface area (Å²) in [5.74, 6) is -0.880. The first kappa shape index (κ1) is 18.4. The maximum atomic E-state index is 11.9. The molecule has 0 aromatic heterocycles. The Morgan fingerprint density at radius 3 is 2.62 bits per heavy atom. The molecule has 0 saturated heterocycles. The van der Waals surface area contributed by atoms with Gasteiger partial charge in [-0.2, -0.15) is 5.10 Å². The van der Waals surface area contributed by atoms with Gasteiger partial charge in [-0.1, -0.05) is 51.3 Å². The van der Waals surface area contributed by atoms with Gasteiger partial charge in [0.15, 0.2) is 0 Å². The van der Waals surface area contributed by atoms with Crippen LogP contribution in [0.3, 0.4) is 0 Å². The van der Waals surface area contributed by atoms with Gasteiger partial charge >= 0.3 is 0 Å². The van der Waals surface area contributed by atoms with Crippen molar-refractivity contribution in [3.8, 4) is 0 Å². The van der Waals surface area contributed by atoms with Crippen LogP contribution in [0.5, 0.6) is 0 Å². The quantitative estimate of drug-likeness (QED) is 0.563. The van der Waals surface area contributed by atoms with Crippen molar-refractivity contribution in [2.24, 2.45) is 5.10 Å². The molecule has 0 atom stereocenters. The number of hydrazone groups is 1. The number of nitrogens with one attached hydrogen (secondary N) is 2. The number of rotatable bonds is 5. The average Bonchev–Trinajstić information content (AvgIpc) is 2.55. The third-order valence-electron chi connectivity index (χ3n) is 2.84. The summed E-state index contributed by atoms with van der Waals surface area (Å²) in [5, 5.41) is 6.92. The van der Waals surface area contributed by atoms with Gasteiger partial charge in [-0.05, 0) is 35.9 Å². The molecular weight excluding hydrogens is 417 g/mol. The van der Waals surface area contributed by atoms with E-state index >= 15 is 0 Å². The Bertz CT molecular complexity index is 797. The number of hydrogen-bond donors (Lipinski definition) is 2. The number of amides is 2. The predicted octanol–water partition coefficient (Wildman–Crippen LogP) is 3.64. The number of halogens is 3. The van der Waals surface area contributed by atoms with Crippen LogP contribution < -0.4 is 10.7 Å². The molecule has 0 saturated carbocycles. The molecule has 0 aliphatic carbocycles. The molecule has 2 rings (SSSR count). The van der Waals surface area contributed by atoms with E-state index in [0.717, 1.165) is 10.0 Å². The van der Waals surface area contributed by atoms with Crippen LogP contribution in [0.2, 0.25) is 10.0 Å². The lowest BCUT2D eigenvalue weighted by Gasteiger charge is -2.05. The third kappa shape index (κ3) is 5.63. The van der Waals surface area contributed by atoms with E-state index in [1.54, 1.807) is 0 Å². The summed E-state index contributed by atoms with van der Waals surface area (Å²) >= 11 is 15.0. The van der Waals surface area contributed by atoms with E-state index < -0.39 is 11.8 Å². The van der Waals surface area contributed by atoms with Gasteiger partial charge in [0.25, 0.3) is 11.8 Å². The molecule has 2 amide bonds. The molecule has 0 aliphatic rings. The van der Waals surface area contributed by atoms with Crippen molar-refractivity contribution in [2.45, 2.75) is 0 Å². The van der Waals surface area contributed by atoms with E-state index in [1.165, 1.54) is 24.4 Å². The number of nitrogens with zero attached hydrogens (tertiary/aromatic N) is 1. The second kappa shape index (κ2) is 8.82. The Balaban J connectivity index is 1.82. The van der Waals surface area contributed by atoms with Crippen molar-refractivity contribution in [2.75, 3.05) is 6.54 Å². The summed E-state index contributed by atoms with van der Waals surface area (Å²) in [6.07, 6.45) is 1.50. The lowest BCUT2D eigenvalue weighted by Crippen LogP contribution is -2.34. The Morgan fingerprint density at radius 1 is 1.12 bits per heavy atom. The van der Waals surface area contributed by atoms with Crippen LogP contribution in [0.4, 0.5) is 0 Å². The fraction of sp³-hybridized carbons (Fsp3) is 0.0625. The highest BCUT2D eigenvalue weighted by molar-refractivity contribution is 9.10. The molecule has 0 spiro atoms. The van der Waals surface area contributed by atoms with Gasteiger partial charge in [0.05, 0.1) is 22.8 Å². The van der Waals surface area contributed by atoms with Crippen molar-refractivity contribution in [3.05, 3.63) is 68.1 Å². The minimum atomic E-state index is -0.449. The first-order chi connectivity index (χ1) is 11.5. The molecular formula is C16H12BrCl2N3O2. The van der Waals surface area contributed by atoms with Gasteiger partial charge in [-0.15, -0.1) is 0 Å². The zero-order valence-corrected chi connectivity index (χ0v) is 15.3. The lowest BCUT2D eigenvalue weighted by molar-refractivity contribution is -0.120. The van der Waals surface area contributed by atoms with E-state index in [9.17, 15) is 9.59 Å². The van der Waals surface area contributed by atoms with E-state index in [-0.39, 0.29) is 11.6 Å². The zero-order chi connectivity index (χ0) is 17.5. The van der Waals surface area contributed by atoms with E-state index in [1.807, 2.05) is 24.3 Å². The lowest BCUT2D eigenvalue weighted by atomic mass is 10.2. The molecule has 0 fully saturated rings. The zero-order valence-electron chi connectivity index (χ0n) is 12.2. The summed E-state index contributed by atoms with van der Waals surface area (Å²) in [6.45, 7) is -0.213. The highest BCUT2D eigenvalue weighted by Gasteiger charge is 2.09. The largest absolute Gasteiger partial charge is 0.343 e. The Hall–Kier alpha value is -1.89. The SMILES string of the molecule is O=C(CNC(=O)c1ccc(Cl)c(Cl)c1)N/N=C/c1cccc(Br)c1. The van der Waals surface area contributed by atoms with E-state index in [0.29, 0.717) is 10.6 Å². The van der Waals surface area contributed by atoms with Crippen LogP contribution in [0.25, 0.3) is 0 Å². The molecule has 0 radical (unpaired) electrons. The second-order valence-electron chi connectivity index (χ2n) is 4.66. The molecule has 8 heteroatoms. The number of carbonyl (C=O) groups is 2. The maximum absolute atomic E-state index is 11.9. The first-order valence-electron chi connectivity index (χ1n) is 6.76. The molecule has 124 valence electrons. The summed E-state index contributed by atoms with van der Waals surface area (Å²) < 4.78 is 0.909. The first-order valence-corrected chi connectivity index (χ1v) is 8.31. The predicted molar refractivity (Wildman–Crippen MR) is 98.7 cm³/mol. The van der Waals surface area contributed by atoms with Crippen LogP contribution >= 0.6 is 39.1 Å². The molecule has 0 bridgehead atoms. The molecule has 0 unspecified atom stereocenters. The fourth-order valence-electron chi connectivity index (χ4n) is 1.71. The molecule has 2 aromatic carbocycles. The molecule has 2 N–H and O–H groups in total. The molecule has 5 nitrogen and oxygen atoms in total. The van der Waals surface area contributed by atoms with Crippen LogP contribution in [0.15, 0.2) is 52.0 Å². The van der Waals surface area contributed by atoms with Gasteiger partial charge in [-0.3, -0.25) is 9.59 Å². The van der Waals surface area contributed by atoms with Crippen molar-refractivity contribution in [1.29, 1.82) is 0 Å². The minimum Gasteiger partial charge on any atom is -0.343 e. The fourth-order valence-corrected chi connectivity index (χ4v) is 2.42. The molecule has 0 heterocycles. The highest BCUT2D eigenvalue weighted by atomic mass is 79.9. The normalized spacial score (nSPS) is 10.6. The number of hydrogen-bond acceptors (Lipinski definition) is 3. The minimum absolute atomic E-state index is 0.213. The smallest absolute Gasteiger partial charge is 0.259 e. The summed E-state index contributed by atoms with van der Waals surface area (Å²) in [4.78, 5) is 23.6. The summed E-state index contributed by atoms with van der Waals surface area (Å²) in [5.41, 5.74) is 3.47. The number of carbonyl (C=O) groups excluding carboxylic acids is 2. The summed E-state index contributed by atoms with van der Waals surface area (Å²) in [7, 11) is 0. The molecule has 24 heavy (non-hydrogen) atoms. The van der Waals surface area contributed by atoms with Crippen LogP contribution in [0, 0.1) is 0 Å². The van der Waals surface area contributed by atoms with Crippen LogP contribution in [0.1, 0.15) is 15.9 Å². The van der Waals surface area contributed by atoms with E-state index in [2.05, 4.69) is 31.8 Å². The van der Waals surface area contributed by atoms with Crippen molar-refractivity contribution >= 4 is 57.2 Å². The van der Waals surface area contributed by atoms with Gasteiger partial charge < -0.3 is 5.32 Å². The topological polar surface area (TPSA) is 70.6 Å². The van der Waals surface area contributed by atoms with Crippen LogP contribution in [-0.2, 0) is 4.79 Å². The molecule has 2 aromatic rings. The number of benzene rings is 2. The average molecular weight is 429 g/mol. The monoisotopic (exact) mass is 427 g/mol. The maximum Gasteiger partial charge on any atom is 0.259 e. The molecule has 0 aliphatic heterocycles.